The predicted octanol–water partition coefficient (Wildman–Crippen LogP) is 0.725. The summed E-state index contributed by atoms with van der Waals surface area (Å²) < 4.78 is 0. The molecule has 0 aromatic rings. The second-order valence-corrected chi connectivity index (χ2v) is 4.28. The molecule has 2 aliphatic carbocycles. The summed E-state index contributed by atoms with van der Waals surface area (Å²) in [5.74, 6) is 1.00. The first-order chi connectivity index (χ1) is 5.35. The number of rotatable bonds is 5. The maximum atomic E-state index is 5.66. The van der Waals surface area contributed by atoms with Crippen LogP contribution < -0.4 is 11.1 Å². The van der Waals surface area contributed by atoms with Crippen LogP contribution in [-0.2, 0) is 0 Å². The van der Waals surface area contributed by atoms with Crippen LogP contribution in [0.5, 0.6) is 0 Å². The van der Waals surface area contributed by atoms with Crippen molar-refractivity contribution >= 4 is 0 Å². The van der Waals surface area contributed by atoms with Crippen molar-refractivity contribution in [3.05, 3.63) is 0 Å². The Morgan fingerprint density at radius 3 is 2.55 bits per heavy atom. The van der Waals surface area contributed by atoms with Crippen LogP contribution in [0.25, 0.3) is 0 Å². The summed E-state index contributed by atoms with van der Waals surface area (Å²) in [6.07, 6.45) is 5.59. The minimum atomic E-state index is 0.523. The van der Waals surface area contributed by atoms with E-state index >= 15 is 0 Å². The molecule has 11 heavy (non-hydrogen) atoms. The first kappa shape index (κ1) is 7.56. The van der Waals surface area contributed by atoms with Gasteiger partial charge in [0.15, 0.2) is 0 Å². The summed E-state index contributed by atoms with van der Waals surface area (Å²) in [4.78, 5) is 0. The maximum Gasteiger partial charge on any atom is 0.00200 e. The summed E-state index contributed by atoms with van der Waals surface area (Å²) in [6.45, 7) is 3.28. The van der Waals surface area contributed by atoms with Gasteiger partial charge in [-0.05, 0) is 50.1 Å². The Bertz CT molecular complexity index is 136. The van der Waals surface area contributed by atoms with Crippen LogP contribution in [-0.4, -0.2) is 19.6 Å². The molecule has 2 aliphatic rings. The number of nitrogens with one attached hydrogen (secondary N) is 1. The molecule has 0 spiro atoms. The van der Waals surface area contributed by atoms with Crippen LogP contribution in [0, 0.1) is 11.3 Å². The smallest absolute Gasteiger partial charge is 0.00200 e. The monoisotopic (exact) mass is 154 g/mol. The summed E-state index contributed by atoms with van der Waals surface area (Å²) >= 11 is 0. The highest BCUT2D eigenvalue weighted by molar-refractivity contribution is 4.95. The van der Waals surface area contributed by atoms with Gasteiger partial charge in [-0.25, -0.2) is 0 Å². The molecule has 0 atom stereocenters. The van der Waals surface area contributed by atoms with E-state index < -0.39 is 0 Å². The van der Waals surface area contributed by atoms with E-state index in [2.05, 4.69) is 5.32 Å². The van der Waals surface area contributed by atoms with E-state index in [4.69, 9.17) is 5.73 Å². The van der Waals surface area contributed by atoms with Gasteiger partial charge in [0.1, 0.15) is 0 Å². The Labute approximate surface area is 68.5 Å². The standard InChI is InChI=1S/C9H18N2/c10-6-9(3-4-9)7-11-5-8-1-2-8/h8,11H,1-7,10H2. The molecule has 0 heterocycles. The lowest BCUT2D eigenvalue weighted by Gasteiger charge is -2.12. The van der Waals surface area contributed by atoms with Gasteiger partial charge in [0.05, 0.1) is 0 Å². The van der Waals surface area contributed by atoms with Crippen molar-refractivity contribution in [2.75, 3.05) is 19.6 Å². The normalized spacial score (nSPS) is 27.0. The number of hydrogen-bond donors (Lipinski definition) is 2. The van der Waals surface area contributed by atoms with Crippen molar-refractivity contribution in [1.82, 2.24) is 5.32 Å². The molecular weight excluding hydrogens is 136 g/mol. The number of hydrogen-bond acceptors (Lipinski definition) is 2. The zero-order valence-corrected chi connectivity index (χ0v) is 7.10. The third-order valence-electron chi connectivity index (χ3n) is 3.02. The number of nitrogens with two attached hydrogens (primary N) is 1. The topological polar surface area (TPSA) is 38.0 Å². The fourth-order valence-electron chi connectivity index (χ4n) is 1.49. The second kappa shape index (κ2) is 2.76. The van der Waals surface area contributed by atoms with Crippen LogP contribution in [0.3, 0.4) is 0 Å². The molecule has 0 bridgehead atoms. The average Bonchev–Trinajstić information content (AvgIpc) is 2.80. The molecular formula is C9H18N2. The third-order valence-corrected chi connectivity index (χ3v) is 3.02. The van der Waals surface area contributed by atoms with Crippen molar-refractivity contribution in [3.63, 3.8) is 0 Å². The van der Waals surface area contributed by atoms with Crippen molar-refractivity contribution in [1.29, 1.82) is 0 Å². The van der Waals surface area contributed by atoms with Crippen LogP contribution in [0.4, 0.5) is 0 Å². The Morgan fingerprint density at radius 1 is 1.36 bits per heavy atom. The van der Waals surface area contributed by atoms with Crippen LogP contribution in [0.2, 0.25) is 0 Å². The first-order valence-electron chi connectivity index (χ1n) is 4.75. The van der Waals surface area contributed by atoms with E-state index in [9.17, 15) is 0 Å². The Morgan fingerprint density at radius 2 is 2.09 bits per heavy atom. The van der Waals surface area contributed by atoms with E-state index in [0.717, 1.165) is 12.5 Å². The zero-order chi connectivity index (χ0) is 7.73. The molecule has 2 rings (SSSR count). The molecule has 2 fully saturated rings. The summed E-state index contributed by atoms with van der Waals surface area (Å²) in [5.41, 5.74) is 6.18. The Kier molecular flexibility index (Phi) is 1.90. The quantitative estimate of drug-likeness (QED) is 0.612. The van der Waals surface area contributed by atoms with Gasteiger partial charge in [0, 0.05) is 6.54 Å². The fraction of sp³-hybridized carbons (Fsp3) is 1.00. The van der Waals surface area contributed by atoms with Gasteiger partial charge in [0.25, 0.3) is 0 Å². The molecule has 0 amide bonds. The summed E-state index contributed by atoms with van der Waals surface area (Å²) in [5, 5.41) is 3.52. The van der Waals surface area contributed by atoms with E-state index in [0.29, 0.717) is 5.41 Å². The Balaban J connectivity index is 1.58. The van der Waals surface area contributed by atoms with E-state index in [1.165, 1.54) is 38.8 Å². The van der Waals surface area contributed by atoms with Crippen molar-refractivity contribution in [3.8, 4) is 0 Å². The van der Waals surface area contributed by atoms with Gasteiger partial charge in [-0.15, -0.1) is 0 Å². The highest BCUT2D eigenvalue weighted by Gasteiger charge is 2.40. The van der Waals surface area contributed by atoms with Crippen LogP contribution in [0.1, 0.15) is 25.7 Å². The molecule has 3 N–H and O–H groups in total. The lowest BCUT2D eigenvalue weighted by Crippen LogP contribution is -2.30. The zero-order valence-electron chi connectivity index (χ0n) is 7.10. The molecule has 2 heteroatoms. The van der Waals surface area contributed by atoms with Gasteiger partial charge >= 0.3 is 0 Å². The highest BCUT2D eigenvalue weighted by Crippen LogP contribution is 2.43. The van der Waals surface area contributed by atoms with Gasteiger partial charge in [-0.1, -0.05) is 0 Å². The summed E-state index contributed by atoms with van der Waals surface area (Å²) in [7, 11) is 0. The van der Waals surface area contributed by atoms with Gasteiger partial charge in [-0.2, -0.15) is 0 Å². The molecule has 64 valence electrons. The largest absolute Gasteiger partial charge is 0.330 e. The first-order valence-corrected chi connectivity index (χ1v) is 4.75. The van der Waals surface area contributed by atoms with Gasteiger partial charge in [0.2, 0.25) is 0 Å². The molecule has 0 unspecified atom stereocenters. The molecule has 0 aromatic heterocycles. The van der Waals surface area contributed by atoms with Crippen molar-refractivity contribution in [2.45, 2.75) is 25.7 Å². The lowest BCUT2D eigenvalue weighted by molar-refractivity contribution is 0.461. The fourth-order valence-corrected chi connectivity index (χ4v) is 1.49. The van der Waals surface area contributed by atoms with Gasteiger partial charge < -0.3 is 11.1 Å². The average molecular weight is 154 g/mol. The molecule has 2 nitrogen and oxygen atoms in total. The molecule has 0 aliphatic heterocycles. The predicted molar refractivity (Wildman–Crippen MR) is 46.3 cm³/mol. The Hall–Kier alpha value is -0.0800. The molecule has 2 saturated carbocycles. The highest BCUT2D eigenvalue weighted by atomic mass is 14.9. The summed E-state index contributed by atoms with van der Waals surface area (Å²) in [6, 6.07) is 0. The van der Waals surface area contributed by atoms with E-state index in [1.54, 1.807) is 0 Å². The maximum absolute atomic E-state index is 5.66. The SMILES string of the molecule is NCC1(CNCC2CC2)CC1. The second-order valence-electron chi connectivity index (χ2n) is 4.28. The van der Waals surface area contributed by atoms with Crippen molar-refractivity contribution < 1.29 is 0 Å². The molecule has 0 aromatic carbocycles. The van der Waals surface area contributed by atoms with Crippen LogP contribution in [0.15, 0.2) is 0 Å². The van der Waals surface area contributed by atoms with Crippen LogP contribution >= 0.6 is 0 Å². The van der Waals surface area contributed by atoms with E-state index in [-0.39, 0.29) is 0 Å². The van der Waals surface area contributed by atoms with Gasteiger partial charge in [-0.3, -0.25) is 0 Å². The third kappa shape index (κ3) is 1.94. The lowest BCUT2D eigenvalue weighted by atomic mass is 10.1. The minimum Gasteiger partial charge on any atom is -0.330 e. The van der Waals surface area contributed by atoms with Crippen molar-refractivity contribution in [2.24, 2.45) is 17.1 Å². The minimum absolute atomic E-state index is 0.523. The molecule has 0 saturated heterocycles. The van der Waals surface area contributed by atoms with E-state index in [1.807, 2.05) is 0 Å². The molecule has 0 radical (unpaired) electrons.